The van der Waals surface area contributed by atoms with Gasteiger partial charge in [-0.15, -0.1) is 0 Å². The summed E-state index contributed by atoms with van der Waals surface area (Å²) < 4.78 is 5.82. The first-order valence-corrected chi connectivity index (χ1v) is 7.31. The van der Waals surface area contributed by atoms with Gasteiger partial charge in [-0.05, 0) is 18.9 Å². The molecular formula is C14H17ClN2O3. The third-order valence-electron chi connectivity index (χ3n) is 4.10. The summed E-state index contributed by atoms with van der Waals surface area (Å²) >= 11 is 5.88. The molecular weight excluding hydrogens is 280 g/mol. The van der Waals surface area contributed by atoms with Gasteiger partial charge in [-0.3, -0.25) is 0 Å². The number of ether oxygens (including phenoxy) is 1. The van der Waals surface area contributed by atoms with Crippen molar-refractivity contribution in [3.63, 3.8) is 0 Å². The number of rotatable bonds is 2. The zero-order valence-corrected chi connectivity index (χ0v) is 11.8. The van der Waals surface area contributed by atoms with Crippen LogP contribution in [0.25, 0.3) is 0 Å². The highest BCUT2D eigenvalue weighted by Gasteiger charge is 2.35. The summed E-state index contributed by atoms with van der Waals surface area (Å²) in [4.78, 5) is 17.7. The number of aromatic nitrogens is 1. The molecule has 1 N–H and O–H groups in total. The Morgan fingerprint density at radius 2 is 2.25 bits per heavy atom. The number of morpholine rings is 1. The van der Waals surface area contributed by atoms with E-state index in [-0.39, 0.29) is 16.7 Å². The molecule has 2 atom stereocenters. The van der Waals surface area contributed by atoms with Gasteiger partial charge in [0.1, 0.15) is 5.82 Å². The van der Waals surface area contributed by atoms with E-state index >= 15 is 0 Å². The lowest BCUT2D eigenvalue weighted by atomic mass is 9.90. The van der Waals surface area contributed by atoms with Crippen LogP contribution in [0.5, 0.6) is 0 Å². The maximum atomic E-state index is 11.2. The van der Waals surface area contributed by atoms with Gasteiger partial charge in [-0.1, -0.05) is 24.4 Å². The van der Waals surface area contributed by atoms with Crippen LogP contribution in [0.1, 0.15) is 36.0 Å². The second-order valence-corrected chi connectivity index (χ2v) is 5.69. The van der Waals surface area contributed by atoms with Crippen molar-refractivity contribution in [1.82, 2.24) is 4.98 Å². The largest absolute Gasteiger partial charge is 0.478 e. The summed E-state index contributed by atoms with van der Waals surface area (Å²) in [6.45, 7) is 1.41. The predicted molar refractivity (Wildman–Crippen MR) is 75.5 cm³/mol. The zero-order chi connectivity index (χ0) is 14.1. The van der Waals surface area contributed by atoms with Gasteiger partial charge in [0.25, 0.3) is 0 Å². The molecule has 2 fully saturated rings. The second-order valence-electron chi connectivity index (χ2n) is 5.28. The SMILES string of the molecule is O=C(O)c1cc(N2CCOC3CCCCC32)ncc1Cl. The minimum absolute atomic E-state index is 0.107. The highest BCUT2D eigenvalue weighted by molar-refractivity contribution is 6.33. The molecule has 1 aliphatic carbocycles. The molecule has 0 aromatic carbocycles. The van der Waals surface area contributed by atoms with Gasteiger partial charge in [0, 0.05) is 12.7 Å². The maximum Gasteiger partial charge on any atom is 0.337 e. The van der Waals surface area contributed by atoms with Crippen LogP contribution in [0.2, 0.25) is 5.02 Å². The number of pyridine rings is 1. The molecule has 1 aliphatic heterocycles. The van der Waals surface area contributed by atoms with Gasteiger partial charge in [-0.25, -0.2) is 9.78 Å². The molecule has 6 heteroatoms. The number of anilines is 1. The topological polar surface area (TPSA) is 62.7 Å². The van der Waals surface area contributed by atoms with Crippen molar-refractivity contribution in [3.8, 4) is 0 Å². The fourth-order valence-corrected chi connectivity index (χ4v) is 3.31. The molecule has 1 aromatic rings. The van der Waals surface area contributed by atoms with Gasteiger partial charge >= 0.3 is 5.97 Å². The number of nitrogens with zero attached hydrogens (tertiary/aromatic N) is 2. The zero-order valence-electron chi connectivity index (χ0n) is 11.1. The summed E-state index contributed by atoms with van der Waals surface area (Å²) in [5.74, 6) is -0.334. The van der Waals surface area contributed by atoms with Crippen LogP contribution in [-0.4, -0.2) is 41.4 Å². The molecule has 0 bridgehead atoms. The van der Waals surface area contributed by atoms with Gasteiger partial charge < -0.3 is 14.7 Å². The third kappa shape index (κ3) is 2.47. The fraction of sp³-hybridized carbons (Fsp3) is 0.571. The molecule has 0 radical (unpaired) electrons. The fourth-order valence-electron chi connectivity index (χ4n) is 3.13. The minimum Gasteiger partial charge on any atom is -0.478 e. The number of carbonyl (C=O) groups is 1. The maximum absolute atomic E-state index is 11.2. The summed E-state index contributed by atoms with van der Waals surface area (Å²) in [7, 11) is 0. The van der Waals surface area contributed by atoms with Crippen molar-refractivity contribution in [2.24, 2.45) is 0 Å². The van der Waals surface area contributed by atoms with E-state index in [0.29, 0.717) is 18.5 Å². The first kappa shape index (κ1) is 13.6. The van der Waals surface area contributed by atoms with Crippen LogP contribution in [0.15, 0.2) is 12.3 Å². The average molecular weight is 297 g/mol. The van der Waals surface area contributed by atoms with Crippen LogP contribution in [0, 0.1) is 0 Å². The highest BCUT2D eigenvalue weighted by Crippen LogP contribution is 2.32. The molecule has 2 heterocycles. The number of carboxylic acids is 1. The normalized spacial score (nSPS) is 26.1. The Balaban J connectivity index is 1.91. The van der Waals surface area contributed by atoms with Crippen LogP contribution in [0.3, 0.4) is 0 Å². The molecule has 2 unspecified atom stereocenters. The van der Waals surface area contributed by atoms with Crippen LogP contribution < -0.4 is 4.90 Å². The minimum atomic E-state index is -1.02. The van der Waals surface area contributed by atoms with Crippen molar-refractivity contribution >= 4 is 23.4 Å². The van der Waals surface area contributed by atoms with Gasteiger partial charge in [0.2, 0.25) is 0 Å². The molecule has 0 amide bonds. The first-order chi connectivity index (χ1) is 9.66. The number of hydrogen-bond acceptors (Lipinski definition) is 4. The smallest absolute Gasteiger partial charge is 0.337 e. The van der Waals surface area contributed by atoms with E-state index in [1.165, 1.54) is 19.0 Å². The lowest BCUT2D eigenvalue weighted by Gasteiger charge is -2.44. The number of halogens is 1. The molecule has 20 heavy (non-hydrogen) atoms. The van der Waals surface area contributed by atoms with E-state index < -0.39 is 5.97 Å². The Labute approximate surface area is 122 Å². The monoisotopic (exact) mass is 296 g/mol. The van der Waals surface area contributed by atoms with Gasteiger partial charge in [0.05, 0.1) is 29.3 Å². The van der Waals surface area contributed by atoms with Crippen molar-refractivity contribution < 1.29 is 14.6 Å². The summed E-state index contributed by atoms with van der Waals surface area (Å²) in [5.41, 5.74) is 0.107. The van der Waals surface area contributed by atoms with Crippen LogP contribution >= 0.6 is 11.6 Å². The molecule has 2 aliphatic rings. The van der Waals surface area contributed by atoms with Crippen LogP contribution in [0.4, 0.5) is 5.82 Å². The summed E-state index contributed by atoms with van der Waals surface area (Å²) in [5, 5.41) is 9.34. The van der Waals surface area contributed by atoms with Gasteiger partial charge in [0.15, 0.2) is 0 Å². The lowest BCUT2D eigenvalue weighted by molar-refractivity contribution is -0.00898. The van der Waals surface area contributed by atoms with E-state index in [1.807, 2.05) is 0 Å². The van der Waals surface area contributed by atoms with Crippen molar-refractivity contribution in [2.45, 2.75) is 37.8 Å². The molecule has 1 saturated carbocycles. The Morgan fingerprint density at radius 3 is 3.05 bits per heavy atom. The molecule has 0 spiro atoms. The van der Waals surface area contributed by atoms with Crippen LogP contribution in [-0.2, 0) is 4.74 Å². The number of aromatic carboxylic acids is 1. The molecule has 3 rings (SSSR count). The summed E-state index contributed by atoms with van der Waals surface area (Å²) in [6.07, 6.45) is 6.18. The highest BCUT2D eigenvalue weighted by atomic mass is 35.5. The Morgan fingerprint density at radius 1 is 1.45 bits per heavy atom. The Hall–Kier alpha value is -1.33. The van der Waals surface area contributed by atoms with E-state index in [9.17, 15) is 4.79 Å². The molecule has 108 valence electrons. The van der Waals surface area contributed by atoms with E-state index in [1.54, 1.807) is 6.07 Å². The quantitative estimate of drug-likeness (QED) is 0.909. The third-order valence-corrected chi connectivity index (χ3v) is 4.40. The van der Waals surface area contributed by atoms with Crippen molar-refractivity contribution in [2.75, 3.05) is 18.1 Å². The first-order valence-electron chi connectivity index (χ1n) is 6.94. The number of carboxylic acid groups (broad SMARTS) is 1. The standard InChI is InChI=1S/C14H17ClN2O3/c15-10-8-16-13(7-9(10)14(18)19)17-5-6-20-12-4-2-1-3-11(12)17/h7-8,11-12H,1-6H2,(H,18,19). The predicted octanol–water partition coefficient (Wildman–Crippen LogP) is 2.58. The van der Waals surface area contributed by atoms with E-state index in [0.717, 1.165) is 19.4 Å². The van der Waals surface area contributed by atoms with E-state index in [2.05, 4.69) is 9.88 Å². The van der Waals surface area contributed by atoms with Gasteiger partial charge in [-0.2, -0.15) is 0 Å². The molecule has 1 saturated heterocycles. The molecule has 5 nitrogen and oxygen atoms in total. The Kier molecular flexibility index (Phi) is 3.81. The molecule has 1 aromatic heterocycles. The number of hydrogen-bond donors (Lipinski definition) is 1. The number of fused-ring (bicyclic) bond motifs is 1. The second kappa shape index (κ2) is 5.58. The average Bonchev–Trinajstić information content (AvgIpc) is 2.47. The van der Waals surface area contributed by atoms with Crippen molar-refractivity contribution in [3.05, 3.63) is 22.8 Å². The Bertz CT molecular complexity index is 521. The van der Waals surface area contributed by atoms with Crippen molar-refractivity contribution in [1.29, 1.82) is 0 Å². The van der Waals surface area contributed by atoms with E-state index in [4.69, 9.17) is 21.4 Å². The summed E-state index contributed by atoms with van der Waals surface area (Å²) in [6, 6.07) is 1.87. The lowest BCUT2D eigenvalue weighted by Crippen LogP contribution is -2.53.